The van der Waals surface area contributed by atoms with E-state index >= 15 is 0 Å². The lowest BCUT2D eigenvalue weighted by molar-refractivity contribution is -0.119. The number of urea groups is 1. The van der Waals surface area contributed by atoms with Crippen molar-refractivity contribution in [2.24, 2.45) is 0 Å². The minimum atomic E-state index is -0.575. The second kappa shape index (κ2) is 9.09. The van der Waals surface area contributed by atoms with E-state index in [1.807, 2.05) is 6.07 Å². The quantitative estimate of drug-likeness (QED) is 0.722. The first kappa shape index (κ1) is 20.2. The molecule has 1 atom stereocenters. The molecule has 152 valence electrons. The monoisotopic (exact) mass is 396 g/mol. The molecule has 1 saturated heterocycles. The summed E-state index contributed by atoms with van der Waals surface area (Å²) >= 11 is 0. The molecule has 1 heterocycles. The minimum Gasteiger partial charge on any atom is -0.495 e. The van der Waals surface area contributed by atoms with Gasteiger partial charge in [0.1, 0.15) is 11.8 Å². The lowest BCUT2D eigenvalue weighted by Gasteiger charge is -2.24. The molecule has 29 heavy (non-hydrogen) atoms. The van der Waals surface area contributed by atoms with E-state index in [2.05, 4.69) is 16.0 Å². The number of ether oxygens (including phenoxy) is 1. The Hall–Kier alpha value is -3.55. The molecule has 0 bridgehead atoms. The molecule has 1 fully saturated rings. The summed E-state index contributed by atoms with van der Waals surface area (Å²) in [5.74, 6) is 0.0944. The van der Waals surface area contributed by atoms with Gasteiger partial charge >= 0.3 is 6.03 Å². The van der Waals surface area contributed by atoms with Gasteiger partial charge < -0.3 is 25.6 Å². The van der Waals surface area contributed by atoms with E-state index in [9.17, 15) is 14.4 Å². The molecule has 0 radical (unpaired) electrons. The maximum Gasteiger partial charge on any atom is 0.322 e. The van der Waals surface area contributed by atoms with Gasteiger partial charge in [0, 0.05) is 24.8 Å². The van der Waals surface area contributed by atoms with Crippen molar-refractivity contribution in [1.29, 1.82) is 0 Å². The Morgan fingerprint density at radius 2 is 1.72 bits per heavy atom. The average molecular weight is 396 g/mol. The zero-order chi connectivity index (χ0) is 20.8. The van der Waals surface area contributed by atoms with E-state index < -0.39 is 6.04 Å². The predicted molar refractivity (Wildman–Crippen MR) is 111 cm³/mol. The van der Waals surface area contributed by atoms with Crippen LogP contribution in [0.2, 0.25) is 0 Å². The standard InChI is InChI=1S/C21H24N4O4/c1-14(26)22-15-7-5-8-16(13-15)23-20(27)18-10-6-12-25(18)21(28)24-17-9-3-4-11-19(17)29-2/h3-5,7-9,11,13,18H,6,10,12H2,1-2H3,(H,22,26)(H,23,27)(H,24,28). The van der Waals surface area contributed by atoms with E-state index in [0.29, 0.717) is 35.8 Å². The normalized spacial score (nSPS) is 15.5. The number of nitrogens with one attached hydrogen (secondary N) is 3. The number of rotatable bonds is 5. The highest BCUT2D eigenvalue weighted by Crippen LogP contribution is 2.26. The SMILES string of the molecule is COc1ccccc1NC(=O)N1CCCC1C(=O)Nc1cccc(NC(C)=O)c1. The highest BCUT2D eigenvalue weighted by molar-refractivity contribution is 6.00. The zero-order valence-electron chi connectivity index (χ0n) is 16.4. The molecule has 1 unspecified atom stereocenters. The molecule has 1 aliphatic rings. The fourth-order valence-electron chi connectivity index (χ4n) is 3.32. The lowest BCUT2D eigenvalue weighted by Crippen LogP contribution is -2.45. The maximum absolute atomic E-state index is 12.8. The van der Waals surface area contributed by atoms with Crippen molar-refractivity contribution in [2.75, 3.05) is 29.6 Å². The molecule has 0 spiro atoms. The van der Waals surface area contributed by atoms with Crippen LogP contribution in [0.15, 0.2) is 48.5 Å². The van der Waals surface area contributed by atoms with Crippen LogP contribution in [0.25, 0.3) is 0 Å². The number of anilines is 3. The number of hydrogen-bond acceptors (Lipinski definition) is 4. The van der Waals surface area contributed by atoms with Crippen LogP contribution in [0, 0.1) is 0 Å². The molecule has 1 aliphatic heterocycles. The van der Waals surface area contributed by atoms with Crippen molar-refractivity contribution in [3.05, 3.63) is 48.5 Å². The summed E-state index contributed by atoms with van der Waals surface area (Å²) in [7, 11) is 1.53. The van der Waals surface area contributed by atoms with E-state index in [-0.39, 0.29) is 17.8 Å². The smallest absolute Gasteiger partial charge is 0.322 e. The minimum absolute atomic E-state index is 0.191. The van der Waals surface area contributed by atoms with E-state index in [4.69, 9.17) is 4.74 Å². The van der Waals surface area contributed by atoms with Crippen molar-refractivity contribution < 1.29 is 19.1 Å². The number of carbonyl (C=O) groups is 3. The van der Waals surface area contributed by atoms with Crippen LogP contribution in [0.5, 0.6) is 5.75 Å². The topological polar surface area (TPSA) is 99.8 Å². The second-order valence-electron chi connectivity index (χ2n) is 6.73. The summed E-state index contributed by atoms with van der Waals surface area (Å²) in [5.41, 5.74) is 1.69. The van der Waals surface area contributed by atoms with Crippen molar-refractivity contribution in [3.63, 3.8) is 0 Å². The fourth-order valence-corrected chi connectivity index (χ4v) is 3.32. The fraction of sp³-hybridized carbons (Fsp3) is 0.286. The summed E-state index contributed by atoms with van der Waals surface area (Å²) in [6, 6.07) is 13.1. The molecule has 8 heteroatoms. The first-order valence-corrected chi connectivity index (χ1v) is 9.37. The number of amides is 4. The number of benzene rings is 2. The molecule has 8 nitrogen and oxygen atoms in total. The maximum atomic E-state index is 12.8. The van der Waals surface area contributed by atoms with Gasteiger partial charge in [0.25, 0.3) is 0 Å². The predicted octanol–water partition coefficient (Wildman–Crippen LogP) is 3.29. The first-order chi connectivity index (χ1) is 14.0. The molecule has 4 amide bonds. The molecule has 2 aromatic carbocycles. The second-order valence-corrected chi connectivity index (χ2v) is 6.73. The Morgan fingerprint density at radius 3 is 2.45 bits per heavy atom. The molecular formula is C21H24N4O4. The number of hydrogen-bond donors (Lipinski definition) is 3. The molecule has 0 aromatic heterocycles. The Bertz CT molecular complexity index is 915. The summed E-state index contributed by atoms with van der Waals surface area (Å²) in [6.45, 7) is 1.91. The summed E-state index contributed by atoms with van der Waals surface area (Å²) in [5, 5.41) is 8.33. The zero-order valence-corrected chi connectivity index (χ0v) is 16.4. The largest absolute Gasteiger partial charge is 0.495 e. The molecule has 3 rings (SSSR count). The number of likely N-dealkylation sites (tertiary alicyclic amines) is 1. The van der Waals surface area contributed by atoms with Crippen LogP contribution < -0.4 is 20.7 Å². The van der Waals surface area contributed by atoms with Gasteiger partial charge in [0.05, 0.1) is 12.8 Å². The highest BCUT2D eigenvalue weighted by atomic mass is 16.5. The Labute approximate surface area is 169 Å². The van der Waals surface area contributed by atoms with Gasteiger partial charge in [-0.3, -0.25) is 9.59 Å². The summed E-state index contributed by atoms with van der Waals surface area (Å²) < 4.78 is 5.26. The van der Waals surface area contributed by atoms with Crippen molar-refractivity contribution in [2.45, 2.75) is 25.8 Å². The number of nitrogens with zero attached hydrogens (tertiary/aromatic N) is 1. The number of methoxy groups -OCH3 is 1. The van der Waals surface area contributed by atoms with Gasteiger partial charge in [-0.05, 0) is 43.2 Å². The molecule has 0 saturated carbocycles. The Morgan fingerprint density at radius 1 is 1.00 bits per heavy atom. The lowest BCUT2D eigenvalue weighted by atomic mass is 10.2. The van der Waals surface area contributed by atoms with Crippen LogP contribution in [-0.4, -0.2) is 42.4 Å². The third-order valence-corrected chi connectivity index (χ3v) is 4.62. The summed E-state index contributed by atoms with van der Waals surface area (Å²) in [4.78, 5) is 38.3. The highest BCUT2D eigenvalue weighted by Gasteiger charge is 2.34. The Kier molecular flexibility index (Phi) is 6.33. The number of para-hydroxylation sites is 2. The van der Waals surface area contributed by atoms with Gasteiger partial charge in [-0.15, -0.1) is 0 Å². The van der Waals surface area contributed by atoms with Gasteiger partial charge in [-0.2, -0.15) is 0 Å². The van der Waals surface area contributed by atoms with Crippen LogP contribution in [-0.2, 0) is 9.59 Å². The van der Waals surface area contributed by atoms with Crippen LogP contribution in [0.3, 0.4) is 0 Å². The summed E-state index contributed by atoms with van der Waals surface area (Å²) in [6.07, 6.45) is 1.32. The molecule has 0 aliphatic carbocycles. The van der Waals surface area contributed by atoms with Gasteiger partial charge in [0.15, 0.2) is 0 Å². The van der Waals surface area contributed by atoms with E-state index in [1.54, 1.807) is 42.5 Å². The first-order valence-electron chi connectivity index (χ1n) is 9.37. The van der Waals surface area contributed by atoms with Crippen LogP contribution >= 0.6 is 0 Å². The van der Waals surface area contributed by atoms with Crippen LogP contribution in [0.1, 0.15) is 19.8 Å². The van der Waals surface area contributed by atoms with Crippen molar-refractivity contribution in [3.8, 4) is 5.75 Å². The third-order valence-electron chi connectivity index (χ3n) is 4.62. The average Bonchev–Trinajstić information content (AvgIpc) is 3.18. The van der Waals surface area contributed by atoms with Crippen LogP contribution in [0.4, 0.5) is 21.9 Å². The van der Waals surface area contributed by atoms with Gasteiger partial charge in [-0.1, -0.05) is 18.2 Å². The Balaban J connectivity index is 1.67. The van der Waals surface area contributed by atoms with Gasteiger partial charge in [0.2, 0.25) is 11.8 Å². The molecule has 3 N–H and O–H groups in total. The van der Waals surface area contributed by atoms with Gasteiger partial charge in [-0.25, -0.2) is 4.79 Å². The third kappa shape index (κ3) is 5.04. The van der Waals surface area contributed by atoms with Crippen molar-refractivity contribution >= 4 is 34.9 Å². The van der Waals surface area contributed by atoms with E-state index in [0.717, 1.165) is 6.42 Å². The number of carbonyl (C=O) groups excluding carboxylic acids is 3. The van der Waals surface area contributed by atoms with Crippen molar-refractivity contribution in [1.82, 2.24) is 4.90 Å². The van der Waals surface area contributed by atoms with E-state index in [1.165, 1.54) is 18.9 Å². The molecule has 2 aromatic rings. The molecular weight excluding hydrogens is 372 g/mol.